The zero-order valence-corrected chi connectivity index (χ0v) is 17.4. The number of hydrogen-bond donors (Lipinski definition) is 0. The lowest BCUT2D eigenvalue weighted by Gasteiger charge is -2.08. The van der Waals surface area contributed by atoms with Crippen molar-refractivity contribution in [3.63, 3.8) is 0 Å². The molecule has 0 bridgehead atoms. The first-order chi connectivity index (χ1) is 12.5. The number of fused-ring (bicyclic) bond motifs is 3. The molecule has 4 nitrogen and oxygen atoms in total. The largest absolute Gasteiger partial charge is 0.294 e. The third kappa shape index (κ3) is 2.86. The summed E-state index contributed by atoms with van der Waals surface area (Å²) in [6, 6.07) is 10.2. The van der Waals surface area contributed by atoms with Crippen molar-refractivity contribution in [2.24, 2.45) is 0 Å². The van der Waals surface area contributed by atoms with Crippen LogP contribution in [-0.2, 0) is 6.54 Å². The van der Waals surface area contributed by atoms with Gasteiger partial charge in [0.05, 0.1) is 5.52 Å². The maximum Gasteiger partial charge on any atom is 0.271 e. The fourth-order valence-corrected chi connectivity index (χ4v) is 4.72. The normalized spacial score (nSPS) is 11.5. The Hall–Kier alpha value is -1.76. The van der Waals surface area contributed by atoms with E-state index in [1.165, 1.54) is 11.3 Å². The molecule has 0 N–H and O–H groups in total. The van der Waals surface area contributed by atoms with Crippen LogP contribution in [0.4, 0.5) is 0 Å². The summed E-state index contributed by atoms with van der Waals surface area (Å²) < 4.78 is 3.29. The zero-order valence-electron chi connectivity index (χ0n) is 14.2. The third-order valence-electron chi connectivity index (χ3n) is 4.33. The molecule has 3 aromatic heterocycles. The summed E-state index contributed by atoms with van der Waals surface area (Å²) >= 11 is 10.7. The van der Waals surface area contributed by atoms with Crippen LogP contribution in [0.5, 0.6) is 0 Å². The van der Waals surface area contributed by atoms with E-state index in [1.807, 2.05) is 26.0 Å². The molecule has 0 amide bonds. The molecule has 132 valence electrons. The number of rotatable bonds is 3. The Bertz CT molecular complexity index is 1200. The number of aromatic nitrogens is 3. The van der Waals surface area contributed by atoms with Gasteiger partial charge in [-0.15, -0.1) is 22.9 Å². The van der Waals surface area contributed by atoms with Crippen molar-refractivity contribution in [3.8, 4) is 11.1 Å². The molecule has 4 rings (SSSR count). The van der Waals surface area contributed by atoms with Crippen LogP contribution >= 0.6 is 38.9 Å². The summed E-state index contributed by atoms with van der Waals surface area (Å²) in [4.78, 5) is 23.2. The topological polar surface area (TPSA) is 47.8 Å². The Labute approximate surface area is 167 Å². The van der Waals surface area contributed by atoms with Crippen LogP contribution in [0.3, 0.4) is 0 Å². The van der Waals surface area contributed by atoms with Gasteiger partial charge >= 0.3 is 0 Å². The Morgan fingerprint density at radius 1 is 1.19 bits per heavy atom. The van der Waals surface area contributed by atoms with Gasteiger partial charge in [0, 0.05) is 28.0 Å². The number of hydrogen-bond acceptors (Lipinski definition) is 4. The van der Waals surface area contributed by atoms with Gasteiger partial charge in [0.25, 0.3) is 5.56 Å². The second kappa shape index (κ2) is 6.76. The van der Waals surface area contributed by atoms with E-state index in [0.29, 0.717) is 22.9 Å². The van der Waals surface area contributed by atoms with Crippen LogP contribution in [0.2, 0.25) is 0 Å². The fraction of sp³-hybridized carbons (Fsp3) is 0.211. The first kappa shape index (κ1) is 17.6. The summed E-state index contributed by atoms with van der Waals surface area (Å²) in [5.41, 5.74) is 3.72. The summed E-state index contributed by atoms with van der Waals surface area (Å²) in [6.07, 6.45) is 0. The minimum atomic E-state index is -0.0458. The van der Waals surface area contributed by atoms with E-state index in [4.69, 9.17) is 16.6 Å². The molecule has 1 aromatic carbocycles. The van der Waals surface area contributed by atoms with Crippen molar-refractivity contribution in [1.82, 2.24) is 14.5 Å². The van der Waals surface area contributed by atoms with Crippen LogP contribution in [0, 0.1) is 13.8 Å². The van der Waals surface area contributed by atoms with E-state index in [9.17, 15) is 4.79 Å². The number of benzene rings is 1. The molecule has 0 aliphatic heterocycles. The SMILES string of the molecule is Cc1cc(-c2ccc(Br)cc2)c2c(n1)sc1c(=O)n(CCCl)c(C)nc12. The molecule has 7 heteroatoms. The Morgan fingerprint density at radius 2 is 1.92 bits per heavy atom. The van der Waals surface area contributed by atoms with E-state index in [0.717, 1.165) is 37.0 Å². The number of thiophene rings is 1. The molecule has 0 radical (unpaired) electrons. The Balaban J connectivity index is 2.12. The van der Waals surface area contributed by atoms with Crippen molar-refractivity contribution < 1.29 is 0 Å². The molecule has 0 saturated heterocycles. The smallest absolute Gasteiger partial charge is 0.271 e. The lowest BCUT2D eigenvalue weighted by atomic mass is 10.0. The monoisotopic (exact) mass is 447 g/mol. The van der Waals surface area contributed by atoms with Gasteiger partial charge in [-0.2, -0.15) is 0 Å². The van der Waals surface area contributed by atoms with Crippen molar-refractivity contribution in [1.29, 1.82) is 0 Å². The highest BCUT2D eigenvalue weighted by Crippen LogP contribution is 2.37. The molecule has 3 heterocycles. The quantitative estimate of drug-likeness (QED) is 0.400. The van der Waals surface area contributed by atoms with E-state index < -0.39 is 0 Å². The van der Waals surface area contributed by atoms with Crippen LogP contribution < -0.4 is 5.56 Å². The van der Waals surface area contributed by atoms with Crippen LogP contribution in [0.1, 0.15) is 11.5 Å². The Kier molecular flexibility index (Phi) is 4.59. The minimum absolute atomic E-state index is 0.0458. The molecule has 26 heavy (non-hydrogen) atoms. The van der Waals surface area contributed by atoms with Gasteiger partial charge in [0.15, 0.2) is 0 Å². The van der Waals surface area contributed by atoms with Gasteiger partial charge in [0.2, 0.25) is 0 Å². The third-order valence-corrected chi connectivity index (χ3v) is 6.09. The second-order valence-corrected chi connectivity index (χ2v) is 8.38. The van der Waals surface area contributed by atoms with Crippen molar-refractivity contribution in [3.05, 3.63) is 56.7 Å². The van der Waals surface area contributed by atoms with Gasteiger partial charge < -0.3 is 0 Å². The van der Waals surface area contributed by atoms with E-state index in [2.05, 4.69) is 39.1 Å². The molecular weight excluding hydrogens is 434 g/mol. The summed E-state index contributed by atoms with van der Waals surface area (Å²) in [5.74, 6) is 1.05. The van der Waals surface area contributed by atoms with Crippen LogP contribution in [0.25, 0.3) is 31.6 Å². The summed E-state index contributed by atoms with van der Waals surface area (Å²) in [7, 11) is 0. The highest BCUT2D eigenvalue weighted by Gasteiger charge is 2.18. The average molecular weight is 449 g/mol. The minimum Gasteiger partial charge on any atom is -0.294 e. The average Bonchev–Trinajstić information content (AvgIpc) is 2.97. The highest BCUT2D eigenvalue weighted by atomic mass is 79.9. The van der Waals surface area contributed by atoms with Gasteiger partial charge in [0.1, 0.15) is 15.4 Å². The molecular formula is C19H15BrClN3OS. The second-order valence-electron chi connectivity index (χ2n) is 6.08. The van der Waals surface area contributed by atoms with Gasteiger partial charge in [-0.05, 0) is 43.2 Å². The maximum absolute atomic E-state index is 12.9. The van der Waals surface area contributed by atoms with E-state index in [-0.39, 0.29) is 5.56 Å². The highest BCUT2D eigenvalue weighted by molar-refractivity contribution is 9.10. The first-order valence-corrected chi connectivity index (χ1v) is 10.3. The van der Waals surface area contributed by atoms with Crippen LogP contribution in [0.15, 0.2) is 39.6 Å². The number of nitrogens with zero attached hydrogens (tertiary/aromatic N) is 3. The predicted octanol–water partition coefficient (Wildman–Crippen LogP) is 5.29. The lowest BCUT2D eigenvalue weighted by Crippen LogP contribution is -2.23. The van der Waals surface area contributed by atoms with E-state index >= 15 is 0 Å². The van der Waals surface area contributed by atoms with Crippen molar-refractivity contribution >= 4 is 59.3 Å². The standard InChI is InChI=1S/C19H15BrClN3OS/c1-10-9-14(12-3-5-13(20)6-4-12)15-16-17(26-18(15)22-10)19(25)24(8-7-21)11(2)23-16/h3-6,9H,7-8H2,1-2H3. The molecule has 0 unspecified atom stereocenters. The van der Waals surface area contributed by atoms with Gasteiger partial charge in [-0.3, -0.25) is 9.36 Å². The number of alkyl halides is 1. The Morgan fingerprint density at radius 3 is 2.62 bits per heavy atom. The van der Waals surface area contributed by atoms with Gasteiger partial charge in [-0.25, -0.2) is 9.97 Å². The van der Waals surface area contributed by atoms with Gasteiger partial charge in [-0.1, -0.05) is 28.1 Å². The van der Waals surface area contributed by atoms with Crippen LogP contribution in [-0.4, -0.2) is 20.4 Å². The molecule has 0 spiro atoms. The van der Waals surface area contributed by atoms with Crippen molar-refractivity contribution in [2.75, 3.05) is 5.88 Å². The summed E-state index contributed by atoms with van der Waals surface area (Å²) in [6.45, 7) is 4.27. The number of aryl methyl sites for hydroxylation is 2. The van der Waals surface area contributed by atoms with E-state index in [1.54, 1.807) is 4.57 Å². The number of halogens is 2. The number of pyridine rings is 1. The lowest BCUT2D eigenvalue weighted by molar-refractivity contribution is 0.691. The van der Waals surface area contributed by atoms with Crippen molar-refractivity contribution in [2.45, 2.75) is 20.4 Å². The fourth-order valence-electron chi connectivity index (χ4n) is 3.15. The first-order valence-electron chi connectivity index (χ1n) is 8.13. The predicted molar refractivity (Wildman–Crippen MR) is 113 cm³/mol. The molecule has 0 fully saturated rings. The molecule has 0 saturated carbocycles. The maximum atomic E-state index is 12.9. The molecule has 4 aromatic rings. The molecule has 0 aliphatic rings. The summed E-state index contributed by atoms with van der Waals surface area (Å²) in [5, 5.41) is 0.941. The zero-order chi connectivity index (χ0) is 18.4. The molecule has 0 aliphatic carbocycles. The molecule has 0 atom stereocenters.